The summed E-state index contributed by atoms with van der Waals surface area (Å²) in [5.41, 5.74) is 3.25. The van der Waals surface area contributed by atoms with E-state index in [1.807, 2.05) is 25.1 Å². The number of carboxylic acid groups (broad SMARTS) is 1. The van der Waals surface area contributed by atoms with Crippen LogP contribution in [0.4, 0.5) is 0 Å². The molecule has 0 amide bonds. The Morgan fingerprint density at radius 1 is 1.06 bits per heavy atom. The summed E-state index contributed by atoms with van der Waals surface area (Å²) in [6.45, 7) is 1.89. The molecule has 0 saturated heterocycles. The minimum Gasteiger partial charge on any atom is -0.481 e. The third-order valence-corrected chi connectivity index (χ3v) is 7.96. The molecule has 0 bridgehead atoms. The summed E-state index contributed by atoms with van der Waals surface area (Å²) in [6, 6.07) is 14.2. The summed E-state index contributed by atoms with van der Waals surface area (Å²) in [6.07, 6.45) is 4.92. The first kappa shape index (κ1) is 22.8. The molecule has 3 aromatic rings. The lowest BCUT2D eigenvalue weighted by molar-refractivity contribution is -0.136. The third kappa shape index (κ3) is 4.82. The van der Waals surface area contributed by atoms with E-state index in [9.17, 15) is 18.3 Å². The maximum atomic E-state index is 12.9. The first-order valence-electron chi connectivity index (χ1n) is 10.8. The zero-order valence-electron chi connectivity index (χ0n) is 17.9. The van der Waals surface area contributed by atoms with Gasteiger partial charge in [0.15, 0.2) is 0 Å². The molecule has 0 aliphatic heterocycles. The van der Waals surface area contributed by atoms with Gasteiger partial charge in [-0.1, -0.05) is 55.1 Å². The van der Waals surface area contributed by atoms with Gasteiger partial charge in [0, 0.05) is 11.1 Å². The van der Waals surface area contributed by atoms with E-state index in [0.29, 0.717) is 5.02 Å². The maximum Gasteiger partial charge on any atom is 0.307 e. The Labute approximate surface area is 193 Å². The monoisotopic (exact) mass is 471 g/mol. The lowest BCUT2D eigenvalue weighted by Crippen LogP contribution is -2.36. The topological polar surface area (TPSA) is 83.5 Å². The van der Waals surface area contributed by atoms with Gasteiger partial charge in [0.05, 0.1) is 11.3 Å². The zero-order chi connectivity index (χ0) is 22.9. The number of carboxylic acids is 1. The van der Waals surface area contributed by atoms with Crippen LogP contribution in [0.1, 0.15) is 43.2 Å². The molecule has 1 aliphatic carbocycles. The Hall–Kier alpha value is -2.41. The number of aliphatic carboxylic acids is 1. The number of benzene rings is 3. The van der Waals surface area contributed by atoms with E-state index in [1.165, 1.54) is 0 Å². The van der Waals surface area contributed by atoms with Gasteiger partial charge in [-0.15, -0.1) is 0 Å². The third-order valence-electron chi connectivity index (χ3n) is 6.19. The largest absolute Gasteiger partial charge is 0.481 e. The minimum absolute atomic E-state index is 0.00513. The van der Waals surface area contributed by atoms with Crippen LogP contribution in [0.2, 0.25) is 5.02 Å². The van der Waals surface area contributed by atoms with E-state index in [2.05, 4.69) is 4.72 Å². The van der Waals surface area contributed by atoms with E-state index < -0.39 is 16.0 Å². The number of halogens is 1. The first-order valence-corrected chi connectivity index (χ1v) is 12.7. The van der Waals surface area contributed by atoms with Crippen LogP contribution < -0.4 is 4.72 Å². The molecule has 1 saturated carbocycles. The van der Waals surface area contributed by atoms with Crippen LogP contribution in [0.15, 0.2) is 53.4 Å². The van der Waals surface area contributed by atoms with Gasteiger partial charge in [-0.25, -0.2) is 13.1 Å². The molecule has 0 unspecified atom stereocenters. The van der Waals surface area contributed by atoms with Crippen molar-refractivity contribution in [3.63, 3.8) is 0 Å². The zero-order valence-corrected chi connectivity index (χ0v) is 19.5. The van der Waals surface area contributed by atoms with E-state index in [1.54, 1.807) is 30.3 Å². The number of fused-ring (bicyclic) bond motifs is 1. The van der Waals surface area contributed by atoms with E-state index in [4.69, 9.17) is 11.6 Å². The lowest BCUT2D eigenvalue weighted by Gasteiger charge is -2.22. The number of carbonyl (C=O) groups is 1. The SMILES string of the molecule is Cc1c(CC(=O)O)cc2ccc(Cl)cc2c1-c1ccc(S(=O)(=O)NC2CCCCC2)cc1. The molecule has 1 aliphatic rings. The molecule has 0 heterocycles. The quantitative estimate of drug-likeness (QED) is 0.482. The highest BCUT2D eigenvalue weighted by molar-refractivity contribution is 7.89. The summed E-state index contributed by atoms with van der Waals surface area (Å²) in [5, 5.41) is 11.7. The average Bonchev–Trinajstić information content (AvgIpc) is 2.75. The van der Waals surface area contributed by atoms with Crippen LogP contribution >= 0.6 is 11.6 Å². The van der Waals surface area contributed by atoms with E-state index >= 15 is 0 Å². The Bertz CT molecular complexity index is 1260. The molecule has 5 nitrogen and oxygen atoms in total. The van der Waals surface area contributed by atoms with Gasteiger partial charge >= 0.3 is 5.97 Å². The van der Waals surface area contributed by atoms with Crippen molar-refractivity contribution in [2.75, 3.05) is 0 Å². The lowest BCUT2D eigenvalue weighted by atomic mass is 9.89. The molecule has 0 atom stereocenters. The van der Waals surface area contributed by atoms with Crippen molar-refractivity contribution in [2.45, 2.75) is 56.4 Å². The highest BCUT2D eigenvalue weighted by atomic mass is 35.5. The van der Waals surface area contributed by atoms with Gasteiger partial charge < -0.3 is 5.11 Å². The second kappa shape index (κ2) is 9.22. The Balaban J connectivity index is 1.74. The molecule has 0 aromatic heterocycles. The fourth-order valence-electron chi connectivity index (χ4n) is 4.56. The summed E-state index contributed by atoms with van der Waals surface area (Å²) in [5.74, 6) is -0.900. The molecule has 0 spiro atoms. The van der Waals surface area contributed by atoms with E-state index in [0.717, 1.165) is 65.1 Å². The van der Waals surface area contributed by atoms with Crippen LogP contribution in [0, 0.1) is 6.92 Å². The highest BCUT2D eigenvalue weighted by Crippen LogP contribution is 2.36. The standard InChI is InChI=1S/C25H26ClNO4S/c1-16-19(14-24(28)29)13-18-7-10-20(26)15-23(18)25(16)17-8-11-22(12-9-17)32(30,31)27-21-5-3-2-4-6-21/h7-13,15,21,27H,2-6,14H2,1H3,(H,28,29). The van der Waals surface area contributed by atoms with Gasteiger partial charge in [0.2, 0.25) is 10.0 Å². The Morgan fingerprint density at radius 2 is 1.75 bits per heavy atom. The normalized spacial score (nSPS) is 15.2. The van der Waals surface area contributed by atoms with Crippen molar-refractivity contribution in [1.82, 2.24) is 4.72 Å². The second-order valence-electron chi connectivity index (χ2n) is 8.45. The number of nitrogens with one attached hydrogen (secondary N) is 1. The van der Waals surface area contributed by atoms with Crippen LogP contribution in [-0.4, -0.2) is 25.5 Å². The fourth-order valence-corrected chi connectivity index (χ4v) is 6.03. The molecular weight excluding hydrogens is 446 g/mol. The van der Waals surface area contributed by atoms with Crippen molar-refractivity contribution in [1.29, 1.82) is 0 Å². The molecule has 0 radical (unpaired) electrons. The number of sulfonamides is 1. The predicted octanol–water partition coefficient (Wildman–Crippen LogP) is 5.71. The molecule has 7 heteroatoms. The van der Waals surface area contributed by atoms with Gasteiger partial charge in [-0.3, -0.25) is 4.79 Å². The summed E-state index contributed by atoms with van der Waals surface area (Å²) in [7, 11) is -3.59. The van der Waals surface area contributed by atoms with Crippen molar-refractivity contribution >= 4 is 38.4 Å². The van der Waals surface area contributed by atoms with Gasteiger partial charge in [-0.2, -0.15) is 0 Å². The molecule has 2 N–H and O–H groups in total. The van der Waals surface area contributed by atoms with Crippen molar-refractivity contribution in [2.24, 2.45) is 0 Å². The fraction of sp³-hybridized carbons (Fsp3) is 0.320. The van der Waals surface area contributed by atoms with Crippen LogP contribution in [-0.2, 0) is 21.2 Å². The summed E-state index contributed by atoms with van der Waals surface area (Å²) >= 11 is 6.25. The Morgan fingerprint density at radius 3 is 2.41 bits per heavy atom. The van der Waals surface area contributed by atoms with Crippen LogP contribution in [0.3, 0.4) is 0 Å². The molecule has 3 aromatic carbocycles. The van der Waals surface area contributed by atoms with Gasteiger partial charge in [0.1, 0.15) is 0 Å². The van der Waals surface area contributed by atoms with Crippen molar-refractivity contribution in [3.05, 3.63) is 64.7 Å². The molecule has 168 valence electrons. The summed E-state index contributed by atoms with van der Waals surface area (Å²) in [4.78, 5) is 11.6. The van der Waals surface area contributed by atoms with Crippen LogP contribution in [0.25, 0.3) is 21.9 Å². The van der Waals surface area contributed by atoms with E-state index in [-0.39, 0.29) is 17.4 Å². The van der Waals surface area contributed by atoms with Gasteiger partial charge in [0.25, 0.3) is 0 Å². The van der Waals surface area contributed by atoms with Crippen molar-refractivity contribution in [3.8, 4) is 11.1 Å². The number of hydrogen-bond donors (Lipinski definition) is 2. The molecule has 1 fully saturated rings. The maximum absolute atomic E-state index is 12.9. The molecular formula is C25H26ClNO4S. The average molecular weight is 472 g/mol. The van der Waals surface area contributed by atoms with Gasteiger partial charge in [-0.05, 0) is 77.1 Å². The first-order chi connectivity index (χ1) is 15.2. The smallest absolute Gasteiger partial charge is 0.307 e. The highest BCUT2D eigenvalue weighted by Gasteiger charge is 2.22. The predicted molar refractivity (Wildman–Crippen MR) is 128 cm³/mol. The van der Waals surface area contributed by atoms with Crippen LogP contribution in [0.5, 0.6) is 0 Å². The number of rotatable bonds is 6. The molecule has 4 rings (SSSR count). The summed E-state index contributed by atoms with van der Waals surface area (Å²) < 4.78 is 28.5. The van der Waals surface area contributed by atoms with Crippen molar-refractivity contribution < 1.29 is 18.3 Å². The molecule has 32 heavy (non-hydrogen) atoms. The second-order valence-corrected chi connectivity index (χ2v) is 10.6. The number of hydrogen-bond acceptors (Lipinski definition) is 3. The Kier molecular flexibility index (Phi) is 6.56. The minimum atomic E-state index is -3.59.